The molecule has 0 aliphatic heterocycles. The van der Waals surface area contributed by atoms with E-state index in [2.05, 4.69) is 9.97 Å². The third-order valence-corrected chi connectivity index (χ3v) is 2.00. The average Bonchev–Trinajstić information content (AvgIpc) is 2.26. The quantitative estimate of drug-likeness (QED) is 0.758. The predicted octanol–water partition coefficient (Wildman–Crippen LogP) is 0.269. The maximum atomic E-state index is 11.6. The lowest BCUT2D eigenvalue weighted by atomic mass is 10.4. The lowest BCUT2D eigenvalue weighted by Gasteiger charge is -2.04. The van der Waals surface area contributed by atoms with Gasteiger partial charge in [0, 0.05) is 18.6 Å². The van der Waals surface area contributed by atoms with Gasteiger partial charge in [0.1, 0.15) is 0 Å². The van der Waals surface area contributed by atoms with Gasteiger partial charge in [0.25, 0.3) is 5.56 Å². The molecule has 0 saturated carbocycles. The molecule has 5 heteroatoms. The smallest absolute Gasteiger partial charge is 0.274 e. The van der Waals surface area contributed by atoms with Crippen molar-refractivity contribution >= 4 is 5.69 Å². The number of nitrogens with zero attached hydrogens (tertiary/aromatic N) is 3. The molecule has 2 N–H and O–H groups in total. The fourth-order valence-electron chi connectivity index (χ4n) is 1.27. The van der Waals surface area contributed by atoms with Crippen molar-refractivity contribution in [1.82, 2.24) is 14.5 Å². The van der Waals surface area contributed by atoms with E-state index < -0.39 is 0 Å². The first-order chi connectivity index (χ1) is 7.27. The molecule has 15 heavy (non-hydrogen) atoms. The Labute approximate surface area is 86.2 Å². The molecule has 2 rings (SSSR count). The summed E-state index contributed by atoms with van der Waals surface area (Å²) in [4.78, 5) is 19.6. The lowest BCUT2D eigenvalue weighted by Crippen LogP contribution is -2.22. The molecule has 0 saturated heterocycles. The van der Waals surface area contributed by atoms with Crippen molar-refractivity contribution < 1.29 is 0 Å². The van der Waals surface area contributed by atoms with Crippen LogP contribution in [0.25, 0.3) is 0 Å². The largest absolute Gasteiger partial charge is 0.394 e. The standard InChI is InChI=1S/C10H10N4O/c11-9-2-1-5-14(10(9)15)7-8-6-12-3-4-13-8/h1-6H,7,11H2. The van der Waals surface area contributed by atoms with Crippen LogP contribution in [0.1, 0.15) is 5.69 Å². The summed E-state index contributed by atoms with van der Waals surface area (Å²) >= 11 is 0. The van der Waals surface area contributed by atoms with Gasteiger partial charge in [-0.3, -0.25) is 14.8 Å². The summed E-state index contributed by atoms with van der Waals surface area (Å²) in [6.45, 7) is 0.387. The molecular formula is C10H10N4O. The molecule has 0 bridgehead atoms. The zero-order chi connectivity index (χ0) is 10.7. The van der Waals surface area contributed by atoms with E-state index in [9.17, 15) is 4.79 Å². The lowest BCUT2D eigenvalue weighted by molar-refractivity contribution is 0.737. The van der Waals surface area contributed by atoms with Crippen molar-refractivity contribution in [3.63, 3.8) is 0 Å². The van der Waals surface area contributed by atoms with E-state index in [1.54, 1.807) is 36.9 Å². The van der Waals surface area contributed by atoms with Crippen molar-refractivity contribution in [1.29, 1.82) is 0 Å². The molecule has 0 radical (unpaired) electrons. The summed E-state index contributed by atoms with van der Waals surface area (Å²) < 4.78 is 1.50. The van der Waals surface area contributed by atoms with Crippen molar-refractivity contribution in [2.24, 2.45) is 0 Å². The maximum Gasteiger partial charge on any atom is 0.274 e. The van der Waals surface area contributed by atoms with Crippen LogP contribution >= 0.6 is 0 Å². The Morgan fingerprint density at radius 1 is 1.40 bits per heavy atom. The van der Waals surface area contributed by atoms with Gasteiger partial charge in [0.2, 0.25) is 0 Å². The summed E-state index contributed by atoms with van der Waals surface area (Å²) in [5, 5.41) is 0. The Hall–Kier alpha value is -2.17. The Morgan fingerprint density at radius 3 is 3.00 bits per heavy atom. The van der Waals surface area contributed by atoms with Gasteiger partial charge in [-0.25, -0.2) is 0 Å². The summed E-state index contributed by atoms with van der Waals surface area (Å²) in [7, 11) is 0. The molecule has 2 heterocycles. The molecule has 0 amide bonds. The molecule has 0 aromatic carbocycles. The first-order valence-corrected chi connectivity index (χ1v) is 4.47. The maximum absolute atomic E-state index is 11.6. The number of hydrogen-bond donors (Lipinski definition) is 1. The molecule has 5 nitrogen and oxygen atoms in total. The van der Waals surface area contributed by atoms with Gasteiger partial charge in [-0.1, -0.05) is 0 Å². The molecule has 0 atom stereocenters. The van der Waals surface area contributed by atoms with Gasteiger partial charge in [0.05, 0.1) is 24.1 Å². The normalized spacial score (nSPS) is 10.1. The monoisotopic (exact) mass is 202 g/mol. The molecule has 0 unspecified atom stereocenters. The first kappa shape index (κ1) is 9.39. The van der Waals surface area contributed by atoms with Crippen LogP contribution in [0.5, 0.6) is 0 Å². The van der Waals surface area contributed by atoms with Crippen molar-refractivity contribution in [2.45, 2.75) is 6.54 Å². The number of anilines is 1. The summed E-state index contributed by atoms with van der Waals surface area (Å²) in [6, 6.07) is 3.31. The van der Waals surface area contributed by atoms with Crippen LogP contribution in [0.3, 0.4) is 0 Å². The minimum Gasteiger partial charge on any atom is -0.394 e. The highest BCUT2D eigenvalue weighted by atomic mass is 16.1. The number of hydrogen-bond acceptors (Lipinski definition) is 4. The van der Waals surface area contributed by atoms with Crippen LogP contribution < -0.4 is 11.3 Å². The molecule has 76 valence electrons. The second kappa shape index (κ2) is 3.91. The van der Waals surface area contributed by atoms with E-state index >= 15 is 0 Å². The van der Waals surface area contributed by atoms with Crippen LogP contribution in [0, 0.1) is 0 Å². The van der Waals surface area contributed by atoms with Crippen LogP contribution in [-0.4, -0.2) is 14.5 Å². The van der Waals surface area contributed by atoms with Crippen molar-refractivity contribution in [3.05, 3.63) is 53.0 Å². The van der Waals surface area contributed by atoms with E-state index in [1.807, 2.05) is 0 Å². The SMILES string of the molecule is Nc1cccn(Cc2cnccn2)c1=O. The molecule has 2 aromatic heterocycles. The number of pyridine rings is 1. The highest BCUT2D eigenvalue weighted by Crippen LogP contribution is 1.96. The van der Waals surface area contributed by atoms with Gasteiger partial charge in [-0.05, 0) is 12.1 Å². The Kier molecular flexibility index (Phi) is 2.45. The van der Waals surface area contributed by atoms with Gasteiger partial charge in [-0.15, -0.1) is 0 Å². The zero-order valence-electron chi connectivity index (χ0n) is 8.00. The van der Waals surface area contributed by atoms with Crippen LogP contribution in [0.4, 0.5) is 5.69 Å². The van der Waals surface area contributed by atoms with Crippen molar-refractivity contribution in [3.8, 4) is 0 Å². The third-order valence-electron chi connectivity index (χ3n) is 2.00. The summed E-state index contributed by atoms with van der Waals surface area (Å²) in [6.07, 6.45) is 6.47. The van der Waals surface area contributed by atoms with E-state index in [4.69, 9.17) is 5.73 Å². The van der Waals surface area contributed by atoms with Gasteiger partial charge in [0.15, 0.2) is 0 Å². The number of aromatic nitrogens is 3. The molecule has 2 aromatic rings. The molecule has 0 fully saturated rings. The van der Waals surface area contributed by atoms with E-state index in [0.29, 0.717) is 6.54 Å². The fourth-order valence-corrected chi connectivity index (χ4v) is 1.27. The summed E-state index contributed by atoms with van der Waals surface area (Å²) in [5.41, 5.74) is 6.26. The summed E-state index contributed by atoms with van der Waals surface area (Å²) in [5.74, 6) is 0. The third kappa shape index (κ3) is 2.01. The fraction of sp³-hybridized carbons (Fsp3) is 0.100. The Morgan fingerprint density at radius 2 is 2.27 bits per heavy atom. The van der Waals surface area contributed by atoms with Gasteiger partial charge >= 0.3 is 0 Å². The van der Waals surface area contributed by atoms with Crippen LogP contribution in [0.15, 0.2) is 41.7 Å². The predicted molar refractivity (Wildman–Crippen MR) is 56.2 cm³/mol. The second-order valence-electron chi connectivity index (χ2n) is 3.09. The van der Waals surface area contributed by atoms with Gasteiger partial charge < -0.3 is 10.3 Å². The topological polar surface area (TPSA) is 73.8 Å². The van der Waals surface area contributed by atoms with Crippen LogP contribution in [0.2, 0.25) is 0 Å². The highest BCUT2D eigenvalue weighted by molar-refractivity contribution is 5.33. The average molecular weight is 202 g/mol. The minimum atomic E-state index is -0.205. The molecule has 0 spiro atoms. The molecule has 0 aliphatic carbocycles. The molecule has 0 aliphatic rings. The van der Waals surface area contributed by atoms with E-state index in [0.717, 1.165) is 5.69 Å². The van der Waals surface area contributed by atoms with E-state index in [1.165, 1.54) is 4.57 Å². The Bertz CT molecular complexity index is 506. The van der Waals surface area contributed by atoms with Gasteiger partial charge in [-0.2, -0.15) is 0 Å². The van der Waals surface area contributed by atoms with Crippen LogP contribution in [-0.2, 0) is 6.54 Å². The minimum absolute atomic E-state index is 0.205. The second-order valence-corrected chi connectivity index (χ2v) is 3.09. The Balaban J connectivity index is 2.33. The number of nitrogen functional groups attached to an aromatic ring is 1. The van der Waals surface area contributed by atoms with Crippen molar-refractivity contribution in [2.75, 3.05) is 5.73 Å². The number of rotatable bonds is 2. The first-order valence-electron chi connectivity index (χ1n) is 4.47. The van der Waals surface area contributed by atoms with E-state index in [-0.39, 0.29) is 11.2 Å². The highest BCUT2D eigenvalue weighted by Gasteiger charge is 2.00. The zero-order valence-corrected chi connectivity index (χ0v) is 8.00. The number of nitrogens with two attached hydrogens (primary N) is 1. The molecular weight excluding hydrogens is 192 g/mol.